The molecule has 0 spiro atoms. The average Bonchev–Trinajstić information content (AvgIpc) is 2.18. The largest absolute Gasteiger partial charge is 0.478 e. The van der Waals surface area contributed by atoms with Crippen LogP contribution in [0.5, 0.6) is 0 Å². The van der Waals surface area contributed by atoms with Crippen molar-refractivity contribution >= 4 is 5.97 Å². The van der Waals surface area contributed by atoms with E-state index in [0.717, 1.165) is 5.56 Å². The highest BCUT2D eigenvalue weighted by Gasteiger charge is 2.21. The average molecular weight is 210 g/mol. The van der Waals surface area contributed by atoms with Crippen molar-refractivity contribution in [2.75, 3.05) is 6.61 Å². The Labute approximate surface area is 87.6 Å². The molecule has 1 aromatic carbocycles. The molecule has 1 unspecified atom stereocenters. The molecule has 5 nitrogen and oxygen atoms in total. The molecule has 0 aliphatic heterocycles. The molecule has 0 amide bonds. The van der Waals surface area contributed by atoms with Crippen LogP contribution in [0.25, 0.3) is 0 Å². The Balaban J connectivity index is 2.93. The van der Waals surface area contributed by atoms with Gasteiger partial charge in [-0.2, -0.15) is 0 Å². The van der Waals surface area contributed by atoms with Gasteiger partial charge in [-0.05, 0) is 24.6 Å². The van der Waals surface area contributed by atoms with Crippen LogP contribution < -0.4 is 11.6 Å². The van der Waals surface area contributed by atoms with E-state index in [4.69, 9.17) is 16.7 Å². The summed E-state index contributed by atoms with van der Waals surface area (Å²) in [6.45, 7) is 1.93. The molecule has 0 bridgehead atoms. The van der Waals surface area contributed by atoms with E-state index < -0.39 is 11.5 Å². The number of carboxylic acids is 1. The molecule has 0 saturated heterocycles. The standard InChI is InChI=1S/C10H14N2O3/c1-10(11,6-15-12)8-4-2-7(3-5-8)9(13)14/h2-5H,6,11-12H2,1H3,(H,13,14). The third-order valence-electron chi connectivity index (χ3n) is 2.17. The Morgan fingerprint density at radius 1 is 1.47 bits per heavy atom. The van der Waals surface area contributed by atoms with Crippen LogP contribution in [0.1, 0.15) is 22.8 Å². The number of nitrogens with two attached hydrogens (primary N) is 2. The molecular weight excluding hydrogens is 196 g/mol. The minimum absolute atomic E-state index is 0.166. The van der Waals surface area contributed by atoms with Gasteiger partial charge in [-0.3, -0.25) is 0 Å². The van der Waals surface area contributed by atoms with Crippen molar-refractivity contribution in [2.24, 2.45) is 11.6 Å². The molecular formula is C10H14N2O3. The zero-order valence-corrected chi connectivity index (χ0v) is 8.43. The minimum atomic E-state index is -0.963. The Morgan fingerprint density at radius 3 is 2.40 bits per heavy atom. The van der Waals surface area contributed by atoms with Gasteiger partial charge in [-0.25, -0.2) is 10.7 Å². The summed E-state index contributed by atoms with van der Waals surface area (Å²) in [4.78, 5) is 15.1. The normalized spacial score (nSPS) is 14.6. The maximum atomic E-state index is 10.6. The molecule has 15 heavy (non-hydrogen) atoms. The first-order valence-corrected chi connectivity index (χ1v) is 4.42. The summed E-state index contributed by atoms with van der Waals surface area (Å²) in [6, 6.07) is 6.31. The molecule has 1 rings (SSSR count). The summed E-state index contributed by atoms with van der Waals surface area (Å²) < 4.78 is 0. The van der Waals surface area contributed by atoms with E-state index in [-0.39, 0.29) is 12.2 Å². The Kier molecular flexibility index (Phi) is 3.41. The Bertz CT molecular complexity index is 346. The molecule has 0 aliphatic rings. The van der Waals surface area contributed by atoms with Gasteiger partial charge in [-0.15, -0.1) is 0 Å². The van der Waals surface area contributed by atoms with Gasteiger partial charge < -0.3 is 15.7 Å². The molecule has 1 aromatic rings. The van der Waals surface area contributed by atoms with Crippen LogP contribution in [-0.4, -0.2) is 17.7 Å². The van der Waals surface area contributed by atoms with Crippen molar-refractivity contribution in [1.82, 2.24) is 0 Å². The number of carbonyl (C=O) groups is 1. The first kappa shape index (κ1) is 11.6. The van der Waals surface area contributed by atoms with Gasteiger partial charge in [0.05, 0.1) is 17.7 Å². The molecule has 0 radical (unpaired) electrons. The van der Waals surface area contributed by atoms with Crippen LogP contribution in [0.4, 0.5) is 0 Å². The first-order chi connectivity index (χ1) is 6.97. The second kappa shape index (κ2) is 4.39. The lowest BCUT2D eigenvalue weighted by Gasteiger charge is -2.23. The van der Waals surface area contributed by atoms with E-state index in [1.807, 2.05) is 0 Å². The van der Waals surface area contributed by atoms with Crippen LogP contribution >= 0.6 is 0 Å². The number of rotatable bonds is 4. The Hall–Kier alpha value is -1.43. The van der Waals surface area contributed by atoms with Crippen molar-refractivity contribution < 1.29 is 14.7 Å². The smallest absolute Gasteiger partial charge is 0.335 e. The van der Waals surface area contributed by atoms with Gasteiger partial charge >= 0.3 is 5.97 Å². The lowest BCUT2D eigenvalue weighted by atomic mass is 9.93. The van der Waals surface area contributed by atoms with E-state index in [2.05, 4.69) is 4.84 Å². The van der Waals surface area contributed by atoms with Crippen LogP contribution in [0, 0.1) is 0 Å². The monoisotopic (exact) mass is 210 g/mol. The summed E-state index contributed by atoms with van der Waals surface area (Å²) >= 11 is 0. The number of carboxylic acid groups (broad SMARTS) is 1. The Morgan fingerprint density at radius 2 is 2.00 bits per heavy atom. The molecule has 82 valence electrons. The van der Waals surface area contributed by atoms with Crippen LogP contribution in [0.3, 0.4) is 0 Å². The fourth-order valence-corrected chi connectivity index (χ4v) is 1.25. The van der Waals surface area contributed by atoms with E-state index in [0.29, 0.717) is 0 Å². The van der Waals surface area contributed by atoms with Crippen LogP contribution in [0.15, 0.2) is 24.3 Å². The number of aromatic carboxylic acids is 1. The summed E-state index contributed by atoms with van der Waals surface area (Å²) in [5.41, 5.74) is 6.21. The maximum Gasteiger partial charge on any atom is 0.335 e. The molecule has 1 atom stereocenters. The molecule has 0 aromatic heterocycles. The summed E-state index contributed by atoms with van der Waals surface area (Å²) in [5.74, 6) is 3.99. The van der Waals surface area contributed by atoms with E-state index in [1.165, 1.54) is 12.1 Å². The lowest BCUT2D eigenvalue weighted by molar-refractivity contribution is 0.0696. The van der Waals surface area contributed by atoms with Gasteiger partial charge in [-0.1, -0.05) is 12.1 Å². The minimum Gasteiger partial charge on any atom is -0.478 e. The van der Waals surface area contributed by atoms with Crippen LogP contribution in [0.2, 0.25) is 0 Å². The SMILES string of the molecule is CC(N)(CON)c1ccc(C(=O)O)cc1. The number of hydrogen-bond donors (Lipinski definition) is 3. The molecule has 5 N–H and O–H groups in total. The van der Waals surface area contributed by atoms with Gasteiger partial charge in [0, 0.05) is 0 Å². The van der Waals surface area contributed by atoms with Crippen LogP contribution in [-0.2, 0) is 10.4 Å². The predicted molar refractivity (Wildman–Crippen MR) is 55.1 cm³/mol. The van der Waals surface area contributed by atoms with Gasteiger partial charge in [0.1, 0.15) is 0 Å². The van der Waals surface area contributed by atoms with Gasteiger partial charge in [0.2, 0.25) is 0 Å². The van der Waals surface area contributed by atoms with Gasteiger partial charge in [0.15, 0.2) is 0 Å². The zero-order chi connectivity index (χ0) is 11.5. The van der Waals surface area contributed by atoms with Crippen molar-refractivity contribution in [3.05, 3.63) is 35.4 Å². The van der Waals surface area contributed by atoms with E-state index in [1.54, 1.807) is 19.1 Å². The second-order valence-corrected chi connectivity index (χ2v) is 3.61. The summed E-state index contributed by atoms with van der Waals surface area (Å²) in [7, 11) is 0. The zero-order valence-electron chi connectivity index (χ0n) is 8.43. The molecule has 0 saturated carbocycles. The topological polar surface area (TPSA) is 98.6 Å². The molecule has 0 fully saturated rings. The highest BCUT2D eigenvalue weighted by atomic mass is 16.6. The van der Waals surface area contributed by atoms with Crippen molar-refractivity contribution in [2.45, 2.75) is 12.5 Å². The molecule has 0 heterocycles. The van der Waals surface area contributed by atoms with Gasteiger partial charge in [0.25, 0.3) is 0 Å². The quantitative estimate of drug-likeness (QED) is 0.626. The fraction of sp³-hybridized carbons (Fsp3) is 0.300. The number of hydrogen-bond acceptors (Lipinski definition) is 4. The third-order valence-corrected chi connectivity index (χ3v) is 2.17. The maximum absolute atomic E-state index is 10.6. The highest BCUT2D eigenvalue weighted by Crippen LogP contribution is 2.18. The lowest BCUT2D eigenvalue weighted by Crippen LogP contribution is -2.39. The third kappa shape index (κ3) is 2.76. The van der Waals surface area contributed by atoms with Crippen molar-refractivity contribution in [1.29, 1.82) is 0 Å². The van der Waals surface area contributed by atoms with E-state index in [9.17, 15) is 4.79 Å². The first-order valence-electron chi connectivity index (χ1n) is 4.42. The summed E-state index contributed by atoms with van der Waals surface area (Å²) in [5, 5.41) is 8.71. The molecule has 0 aliphatic carbocycles. The second-order valence-electron chi connectivity index (χ2n) is 3.61. The van der Waals surface area contributed by atoms with Crippen molar-refractivity contribution in [3.63, 3.8) is 0 Å². The summed E-state index contributed by atoms with van der Waals surface area (Å²) in [6.07, 6.45) is 0. The highest BCUT2D eigenvalue weighted by molar-refractivity contribution is 5.87. The number of benzene rings is 1. The van der Waals surface area contributed by atoms with E-state index >= 15 is 0 Å². The molecule has 5 heteroatoms. The van der Waals surface area contributed by atoms with Crippen molar-refractivity contribution in [3.8, 4) is 0 Å². The fourth-order valence-electron chi connectivity index (χ4n) is 1.25. The predicted octanol–water partition coefficient (Wildman–Crippen LogP) is 0.449.